The van der Waals surface area contributed by atoms with Gasteiger partial charge in [0.2, 0.25) is 11.8 Å². The van der Waals surface area contributed by atoms with Gasteiger partial charge in [-0.2, -0.15) is 0 Å². The van der Waals surface area contributed by atoms with Gasteiger partial charge in [0.15, 0.2) is 0 Å². The fourth-order valence-corrected chi connectivity index (χ4v) is 3.98. The molecular weight excluding hydrogens is 300 g/mol. The van der Waals surface area contributed by atoms with Crippen molar-refractivity contribution in [1.82, 2.24) is 4.90 Å². The number of amides is 2. The molecule has 1 aliphatic carbocycles. The Hall–Kier alpha value is -0.900. The molecule has 4 nitrogen and oxygen atoms in total. The largest absolute Gasteiger partial charge is 0.328 e. The number of hydrogen-bond acceptors (Lipinski definition) is 3. The standard InChI is InChI=1S/C20H38N2O2/c1-7-12-19(3,4)17(23)22(16-11-9-10-15(21)14-16)18(24)20(5,6)13-8-2/h15-16H,7-14,21H2,1-6H3. The normalized spacial score (nSPS) is 22.3. The Balaban J connectivity index is 3.16. The van der Waals surface area contributed by atoms with Crippen molar-refractivity contribution in [2.24, 2.45) is 16.6 Å². The summed E-state index contributed by atoms with van der Waals surface area (Å²) in [5.41, 5.74) is 5.14. The molecule has 0 heterocycles. The van der Waals surface area contributed by atoms with Crippen LogP contribution >= 0.6 is 0 Å². The van der Waals surface area contributed by atoms with E-state index in [1.54, 1.807) is 4.90 Å². The third kappa shape index (κ3) is 5.05. The van der Waals surface area contributed by atoms with E-state index < -0.39 is 10.8 Å². The zero-order valence-corrected chi connectivity index (χ0v) is 16.7. The van der Waals surface area contributed by atoms with Crippen molar-refractivity contribution in [3.05, 3.63) is 0 Å². The number of nitrogens with zero attached hydrogens (tertiary/aromatic N) is 1. The molecule has 1 fully saturated rings. The van der Waals surface area contributed by atoms with Gasteiger partial charge in [0.25, 0.3) is 0 Å². The lowest BCUT2D eigenvalue weighted by Gasteiger charge is -2.42. The van der Waals surface area contributed by atoms with Gasteiger partial charge in [-0.3, -0.25) is 14.5 Å². The van der Waals surface area contributed by atoms with Crippen molar-refractivity contribution in [2.75, 3.05) is 0 Å². The van der Waals surface area contributed by atoms with Gasteiger partial charge in [0.1, 0.15) is 0 Å². The highest BCUT2D eigenvalue weighted by atomic mass is 16.2. The number of hydrogen-bond donors (Lipinski definition) is 1. The summed E-state index contributed by atoms with van der Waals surface area (Å²) in [6.07, 6.45) is 7.06. The molecule has 0 spiro atoms. The van der Waals surface area contributed by atoms with E-state index in [0.717, 1.165) is 51.4 Å². The van der Waals surface area contributed by atoms with Gasteiger partial charge in [0, 0.05) is 22.9 Å². The van der Waals surface area contributed by atoms with Crippen LogP contribution in [0.5, 0.6) is 0 Å². The topological polar surface area (TPSA) is 63.4 Å². The first-order valence-electron chi connectivity index (χ1n) is 9.70. The smallest absolute Gasteiger partial charge is 0.235 e. The zero-order valence-electron chi connectivity index (χ0n) is 16.7. The van der Waals surface area contributed by atoms with Crippen LogP contribution in [-0.2, 0) is 9.59 Å². The summed E-state index contributed by atoms with van der Waals surface area (Å²) in [5.74, 6) is -0.0322. The highest BCUT2D eigenvalue weighted by Gasteiger charge is 2.43. The third-order valence-electron chi connectivity index (χ3n) is 5.40. The Morgan fingerprint density at radius 1 is 0.958 bits per heavy atom. The Labute approximate surface area is 148 Å². The van der Waals surface area contributed by atoms with E-state index in [2.05, 4.69) is 13.8 Å². The number of carbonyl (C=O) groups excluding carboxylic acids is 2. The fraction of sp³-hybridized carbons (Fsp3) is 0.900. The summed E-state index contributed by atoms with van der Waals surface area (Å²) in [7, 11) is 0. The van der Waals surface area contributed by atoms with Crippen LogP contribution in [0.2, 0.25) is 0 Å². The van der Waals surface area contributed by atoms with E-state index in [1.165, 1.54) is 0 Å². The molecule has 0 aliphatic heterocycles. The number of imide groups is 1. The molecule has 4 heteroatoms. The molecule has 24 heavy (non-hydrogen) atoms. The first kappa shape index (κ1) is 21.1. The quantitative estimate of drug-likeness (QED) is 0.754. The van der Waals surface area contributed by atoms with Gasteiger partial charge in [-0.05, 0) is 38.5 Å². The van der Waals surface area contributed by atoms with Crippen molar-refractivity contribution < 1.29 is 9.59 Å². The van der Waals surface area contributed by atoms with Crippen molar-refractivity contribution in [2.45, 2.75) is 105 Å². The number of nitrogens with two attached hydrogens (primary N) is 1. The number of rotatable bonds is 7. The molecule has 2 N–H and O–H groups in total. The molecule has 0 radical (unpaired) electrons. The van der Waals surface area contributed by atoms with Crippen molar-refractivity contribution in [3.63, 3.8) is 0 Å². The van der Waals surface area contributed by atoms with Crippen LogP contribution in [0.3, 0.4) is 0 Å². The van der Waals surface area contributed by atoms with E-state index in [0.29, 0.717) is 0 Å². The first-order chi connectivity index (χ1) is 11.1. The average Bonchev–Trinajstić information content (AvgIpc) is 2.47. The monoisotopic (exact) mass is 338 g/mol. The minimum Gasteiger partial charge on any atom is -0.328 e. The summed E-state index contributed by atoms with van der Waals surface area (Å²) < 4.78 is 0. The van der Waals surface area contributed by atoms with Crippen LogP contribution in [0.1, 0.15) is 92.9 Å². The Bertz CT molecular complexity index is 413. The maximum Gasteiger partial charge on any atom is 0.235 e. The molecule has 0 bridgehead atoms. The second kappa shape index (κ2) is 8.46. The molecule has 1 aliphatic rings. The van der Waals surface area contributed by atoms with Crippen molar-refractivity contribution >= 4 is 11.8 Å². The predicted octanol–water partition coefficient (Wildman–Crippen LogP) is 4.26. The van der Waals surface area contributed by atoms with E-state index in [4.69, 9.17) is 5.73 Å². The Morgan fingerprint density at radius 3 is 1.79 bits per heavy atom. The predicted molar refractivity (Wildman–Crippen MR) is 99.5 cm³/mol. The Morgan fingerprint density at radius 2 is 1.42 bits per heavy atom. The fourth-order valence-electron chi connectivity index (χ4n) is 3.98. The highest BCUT2D eigenvalue weighted by molar-refractivity contribution is 6.00. The van der Waals surface area contributed by atoms with Gasteiger partial charge >= 0.3 is 0 Å². The minimum absolute atomic E-state index is 0.0161. The lowest BCUT2D eigenvalue weighted by atomic mass is 9.80. The van der Waals surface area contributed by atoms with Crippen LogP contribution in [-0.4, -0.2) is 28.8 Å². The van der Waals surface area contributed by atoms with Crippen molar-refractivity contribution in [1.29, 1.82) is 0 Å². The summed E-state index contributed by atoms with van der Waals surface area (Å²) in [4.78, 5) is 28.3. The summed E-state index contributed by atoms with van der Waals surface area (Å²) in [6.45, 7) is 12.0. The first-order valence-corrected chi connectivity index (χ1v) is 9.70. The van der Waals surface area contributed by atoms with Crippen LogP contribution in [0, 0.1) is 10.8 Å². The lowest BCUT2D eigenvalue weighted by molar-refractivity contribution is -0.160. The van der Waals surface area contributed by atoms with Gasteiger partial charge in [-0.25, -0.2) is 0 Å². The summed E-state index contributed by atoms with van der Waals surface area (Å²) >= 11 is 0. The SMILES string of the molecule is CCCC(C)(C)C(=O)N(C(=O)C(C)(C)CCC)C1CCCC(N)C1. The molecule has 0 aromatic carbocycles. The summed E-state index contributed by atoms with van der Waals surface area (Å²) in [5, 5.41) is 0. The van der Waals surface area contributed by atoms with Gasteiger partial charge in [0.05, 0.1) is 0 Å². The molecule has 0 saturated heterocycles. The molecule has 0 aromatic rings. The molecular formula is C20H38N2O2. The van der Waals surface area contributed by atoms with Crippen LogP contribution in [0.25, 0.3) is 0 Å². The van der Waals surface area contributed by atoms with E-state index in [9.17, 15) is 9.59 Å². The van der Waals surface area contributed by atoms with Gasteiger partial charge in [-0.1, -0.05) is 54.4 Å². The summed E-state index contributed by atoms with van der Waals surface area (Å²) in [6, 6.07) is 0.0523. The second-order valence-electron chi connectivity index (χ2n) is 8.83. The molecule has 0 aromatic heterocycles. The maximum atomic E-state index is 13.3. The van der Waals surface area contributed by atoms with E-state index in [-0.39, 0.29) is 23.9 Å². The molecule has 2 amide bonds. The molecule has 2 atom stereocenters. The third-order valence-corrected chi connectivity index (χ3v) is 5.40. The Kier molecular flexibility index (Phi) is 7.45. The van der Waals surface area contributed by atoms with E-state index >= 15 is 0 Å². The number of carbonyl (C=O) groups is 2. The average molecular weight is 339 g/mol. The minimum atomic E-state index is -0.506. The van der Waals surface area contributed by atoms with Gasteiger partial charge in [-0.15, -0.1) is 0 Å². The second-order valence-corrected chi connectivity index (χ2v) is 8.83. The molecule has 1 saturated carbocycles. The van der Waals surface area contributed by atoms with Crippen LogP contribution < -0.4 is 5.73 Å². The molecule has 2 unspecified atom stereocenters. The van der Waals surface area contributed by atoms with Crippen LogP contribution in [0.4, 0.5) is 0 Å². The maximum absolute atomic E-state index is 13.3. The lowest BCUT2D eigenvalue weighted by Crippen LogP contribution is -2.56. The highest BCUT2D eigenvalue weighted by Crippen LogP contribution is 2.34. The molecule has 140 valence electrons. The van der Waals surface area contributed by atoms with Crippen LogP contribution in [0.15, 0.2) is 0 Å². The van der Waals surface area contributed by atoms with Gasteiger partial charge < -0.3 is 5.73 Å². The van der Waals surface area contributed by atoms with Crippen molar-refractivity contribution in [3.8, 4) is 0 Å². The zero-order chi connectivity index (χ0) is 18.5. The van der Waals surface area contributed by atoms with E-state index in [1.807, 2.05) is 27.7 Å². The molecule has 1 rings (SSSR count).